The topological polar surface area (TPSA) is 115 Å². The molecule has 0 aromatic carbocycles. The van der Waals surface area contributed by atoms with Crippen LogP contribution in [-0.2, 0) is 9.59 Å². The highest BCUT2D eigenvalue weighted by Gasteiger charge is 2.34. The van der Waals surface area contributed by atoms with Crippen molar-refractivity contribution in [2.24, 2.45) is 4.99 Å². The van der Waals surface area contributed by atoms with Crippen LogP contribution in [-0.4, -0.2) is 41.2 Å². The van der Waals surface area contributed by atoms with Crippen LogP contribution in [0.2, 0.25) is 0 Å². The third-order valence-corrected chi connectivity index (χ3v) is 2.38. The minimum atomic E-state index is -1.34. The van der Waals surface area contributed by atoms with Crippen molar-refractivity contribution in [1.82, 2.24) is 21.3 Å². The quantitative estimate of drug-likeness (QED) is 0.343. The molecule has 0 aromatic heterocycles. The lowest BCUT2D eigenvalue weighted by molar-refractivity contribution is -0.129. The van der Waals surface area contributed by atoms with Gasteiger partial charge in [0.15, 0.2) is 24.3 Å². The molecule has 3 unspecified atom stereocenters. The number of amides is 1. The van der Waals surface area contributed by atoms with Gasteiger partial charge in [-0.1, -0.05) is 0 Å². The molecule has 8 heteroatoms. The molecule has 2 heterocycles. The summed E-state index contributed by atoms with van der Waals surface area (Å²) >= 11 is 0. The van der Waals surface area contributed by atoms with Gasteiger partial charge < -0.3 is 21.1 Å². The van der Waals surface area contributed by atoms with Gasteiger partial charge in [-0.15, -0.1) is 0 Å². The predicted octanol–water partition coefficient (Wildman–Crippen LogP) is -2.67. The van der Waals surface area contributed by atoms with Crippen LogP contribution in [0.15, 0.2) is 17.4 Å². The molecule has 0 radical (unpaired) electrons. The standard InChI is InChI=1S/C9H13N5O3/c1-4(15)7(16)13-9-12-6-5(8(17)14-9)10-2-3-11-6/h2-3,5,7,9-10,13,16H,1H3,(H,11,12)(H,14,17). The zero-order valence-corrected chi connectivity index (χ0v) is 9.10. The minimum Gasteiger partial charge on any atom is -0.372 e. The van der Waals surface area contributed by atoms with E-state index < -0.39 is 24.3 Å². The van der Waals surface area contributed by atoms with Crippen LogP contribution in [0.4, 0.5) is 0 Å². The molecule has 0 bridgehead atoms. The number of amidine groups is 1. The van der Waals surface area contributed by atoms with Crippen molar-refractivity contribution in [3.8, 4) is 0 Å². The van der Waals surface area contributed by atoms with E-state index in [9.17, 15) is 14.7 Å². The third-order valence-electron chi connectivity index (χ3n) is 2.38. The zero-order valence-electron chi connectivity index (χ0n) is 9.10. The Morgan fingerprint density at radius 1 is 1.59 bits per heavy atom. The fraction of sp³-hybridized carbons (Fsp3) is 0.444. The summed E-state index contributed by atoms with van der Waals surface area (Å²) in [5.74, 6) is -0.295. The molecule has 1 saturated heterocycles. The van der Waals surface area contributed by atoms with E-state index >= 15 is 0 Å². The number of fused-ring (bicyclic) bond motifs is 1. The first-order valence-corrected chi connectivity index (χ1v) is 5.08. The molecule has 2 aliphatic heterocycles. The van der Waals surface area contributed by atoms with E-state index in [2.05, 4.69) is 26.3 Å². The fourth-order valence-electron chi connectivity index (χ4n) is 1.50. The van der Waals surface area contributed by atoms with Gasteiger partial charge >= 0.3 is 0 Å². The highest BCUT2D eigenvalue weighted by molar-refractivity contribution is 6.09. The number of aliphatic hydroxyl groups is 1. The maximum Gasteiger partial charge on any atom is 0.252 e. The van der Waals surface area contributed by atoms with Gasteiger partial charge in [-0.3, -0.25) is 9.59 Å². The van der Waals surface area contributed by atoms with Gasteiger partial charge in [-0.05, 0) is 6.92 Å². The number of rotatable bonds is 3. The first-order chi connectivity index (χ1) is 8.08. The number of hydrogen-bond acceptors (Lipinski definition) is 7. The van der Waals surface area contributed by atoms with Crippen LogP contribution in [0.25, 0.3) is 0 Å². The van der Waals surface area contributed by atoms with Gasteiger partial charge in [0.1, 0.15) is 5.84 Å². The second kappa shape index (κ2) is 4.52. The first kappa shape index (κ1) is 11.6. The number of nitrogens with one attached hydrogen (secondary N) is 4. The minimum absolute atomic E-state index is 0.292. The van der Waals surface area contributed by atoms with Gasteiger partial charge in [0.25, 0.3) is 5.91 Å². The summed E-state index contributed by atoms with van der Waals surface area (Å²) in [5.41, 5.74) is 0. The Balaban J connectivity index is 2.03. The molecule has 92 valence electrons. The number of ketones is 1. The van der Waals surface area contributed by atoms with Gasteiger partial charge in [0, 0.05) is 12.4 Å². The average molecular weight is 239 g/mol. The summed E-state index contributed by atoms with van der Waals surface area (Å²) in [6.45, 7) is 1.24. The molecule has 5 N–H and O–H groups in total. The fourth-order valence-corrected chi connectivity index (χ4v) is 1.50. The number of aliphatic hydroxyl groups excluding tert-OH is 1. The van der Waals surface area contributed by atoms with Gasteiger partial charge in [-0.25, -0.2) is 10.3 Å². The molecule has 0 aromatic rings. The van der Waals surface area contributed by atoms with E-state index in [1.54, 1.807) is 6.20 Å². The largest absolute Gasteiger partial charge is 0.372 e. The lowest BCUT2D eigenvalue weighted by Gasteiger charge is -2.34. The van der Waals surface area contributed by atoms with Gasteiger partial charge in [-0.2, -0.15) is 0 Å². The Morgan fingerprint density at radius 3 is 3.06 bits per heavy atom. The van der Waals surface area contributed by atoms with E-state index in [4.69, 9.17) is 0 Å². The van der Waals surface area contributed by atoms with E-state index in [1.807, 2.05) is 0 Å². The highest BCUT2D eigenvalue weighted by atomic mass is 16.3. The van der Waals surface area contributed by atoms with Crippen LogP contribution in [0.1, 0.15) is 6.92 Å². The van der Waals surface area contributed by atoms with Crippen molar-refractivity contribution in [3.63, 3.8) is 0 Å². The van der Waals surface area contributed by atoms with E-state index in [1.165, 1.54) is 13.1 Å². The summed E-state index contributed by atoms with van der Waals surface area (Å²) in [4.78, 5) is 26.5. The second-order valence-electron chi connectivity index (χ2n) is 3.70. The van der Waals surface area contributed by atoms with E-state index in [0.29, 0.717) is 5.84 Å². The number of hydrogen-bond donors (Lipinski definition) is 5. The molecule has 1 amide bonds. The van der Waals surface area contributed by atoms with Crippen molar-refractivity contribution in [3.05, 3.63) is 12.4 Å². The second-order valence-corrected chi connectivity index (χ2v) is 3.70. The monoisotopic (exact) mass is 239 g/mol. The van der Waals surface area contributed by atoms with E-state index in [0.717, 1.165) is 0 Å². The summed E-state index contributed by atoms with van der Waals surface area (Å²) in [5, 5.41) is 20.1. The molecule has 0 saturated carbocycles. The van der Waals surface area contributed by atoms with Crippen LogP contribution in [0.3, 0.4) is 0 Å². The molecule has 2 rings (SSSR count). The highest BCUT2D eigenvalue weighted by Crippen LogP contribution is 2.01. The van der Waals surface area contributed by atoms with Crippen LogP contribution >= 0.6 is 0 Å². The lowest BCUT2D eigenvalue weighted by Crippen LogP contribution is -2.71. The molecular formula is C9H13N5O3. The number of nitrogens with zero attached hydrogens (tertiary/aromatic N) is 1. The van der Waals surface area contributed by atoms with Crippen LogP contribution < -0.4 is 21.3 Å². The van der Waals surface area contributed by atoms with Crippen molar-refractivity contribution in [1.29, 1.82) is 0 Å². The Hall–Kier alpha value is -1.93. The predicted molar refractivity (Wildman–Crippen MR) is 58.4 cm³/mol. The number of aliphatic imine (C=N–C) groups is 1. The Kier molecular flexibility index (Phi) is 3.07. The maximum atomic E-state index is 11.7. The summed E-state index contributed by atoms with van der Waals surface area (Å²) in [6, 6.07) is -0.562. The molecular weight excluding hydrogens is 226 g/mol. The maximum absolute atomic E-state index is 11.7. The van der Waals surface area contributed by atoms with Crippen LogP contribution in [0, 0.1) is 0 Å². The molecule has 17 heavy (non-hydrogen) atoms. The van der Waals surface area contributed by atoms with E-state index in [-0.39, 0.29) is 5.91 Å². The van der Waals surface area contributed by atoms with Gasteiger partial charge in [0.05, 0.1) is 0 Å². The summed E-state index contributed by atoms with van der Waals surface area (Å²) in [6.07, 6.45) is 1.01. The SMILES string of the molecule is CC(=O)C(O)NC1NC(=O)C2NC=CN=C2N1. The van der Waals surface area contributed by atoms with Gasteiger partial charge in [0.2, 0.25) is 0 Å². The lowest BCUT2D eigenvalue weighted by atomic mass is 10.2. The summed E-state index contributed by atoms with van der Waals surface area (Å²) < 4.78 is 0. The Labute approximate surface area is 97.2 Å². The Morgan fingerprint density at radius 2 is 2.35 bits per heavy atom. The number of Topliss-reactive ketones (excluding diaryl/α,β-unsaturated/α-hetero) is 1. The smallest absolute Gasteiger partial charge is 0.252 e. The van der Waals surface area contributed by atoms with Crippen molar-refractivity contribution in [2.45, 2.75) is 25.5 Å². The molecule has 8 nitrogen and oxygen atoms in total. The average Bonchev–Trinajstić information content (AvgIpc) is 2.29. The van der Waals surface area contributed by atoms with Crippen LogP contribution in [0.5, 0.6) is 0 Å². The van der Waals surface area contributed by atoms with Crippen molar-refractivity contribution >= 4 is 17.5 Å². The van der Waals surface area contributed by atoms with Crippen molar-refractivity contribution in [2.75, 3.05) is 0 Å². The zero-order chi connectivity index (χ0) is 12.4. The third kappa shape index (κ3) is 2.43. The van der Waals surface area contributed by atoms with Crippen molar-refractivity contribution < 1.29 is 14.7 Å². The normalized spacial score (nSPS) is 28.1. The Bertz CT molecular complexity index is 405. The molecule has 1 fully saturated rings. The summed E-state index contributed by atoms with van der Waals surface area (Å²) in [7, 11) is 0. The number of carbonyl (C=O) groups is 2. The molecule has 3 atom stereocenters. The molecule has 0 aliphatic carbocycles. The molecule has 2 aliphatic rings. The molecule has 0 spiro atoms. The first-order valence-electron chi connectivity index (χ1n) is 5.08. The number of carbonyl (C=O) groups excluding carboxylic acids is 2.